The van der Waals surface area contributed by atoms with E-state index in [1.54, 1.807) is 7.05 Å². The molecule has 2 aromatic rings. The summed E-state index contributed by atoms with van der Waals surface area (Å²) in [5.41, 5.74) is 2.92. The number of hydrogen-bond donors (Lipinski definition) is 1. The highest BCUT2D eigenvalue weighted by Crippen LogP contribution is 2.11. The molecule has 0 saturated heterocycles. The van der Waals surface area contributed by atoms with Crippen molar-refractivity contribution >= 4 is 29.1 Å². The predicted octanol–water partition coefficient (Wildman–Crippen LogP) is 3.18. The Labute approximate surface area is 159 Å². The molecule has 0 fully saturated rings. The fraction of sp³-hybridized carbons (Fsp3) is 0.300. The molecule has 0 aliphatic heterocycles. The summed E-state index contributed by atoms with van der Waals surface area (Å²) in [6, 6.07) is 15.1. The number of anilines is 1. The van der Waals surface area contributed by atoms with E-state index in [0.29, 0.717) is 11.6 Å². The molecule has 0 spiro atoms. The summed E-state index contributed by atoms with van der Waals surface area (Å²) in [6.45, 7) is 2.86. The third-order valence-electron chi connectivity index (χ3n) is 3.91. The lowest BCUT2D eigenvalue weighted by Crippen LogP contribution is -2.40. The molecule has 0 unspecified atom stereocenters. The molecule has 138 valence electrons. The number of carbonyl (C=O) groups excluding carboxylic acids is 2. The van der Waals surface area contributed by atoms with Gasteiger partial charge in [0.2, 0.25) is 11.8 Å². The largest absolute Gasteiger partial charge is 0.335 e. The second-order valence-electron chi connectivity index (χ2n) is 6.46. The first kappa shape index (κ1) is 19.9. The van der Waals surface area contributed by atoms with E-state index in [1.165, 1.54) is 4.90 Å². The maximum atomic E-state index is 12.3. The van der Waals surface area contributed by atoms with Crippen molar-refractivity contribution < 1.29 is 9.59 Å². The zero-order chi connectivity index (χ0) is 19.1. The maximum absolute atomic E-state index is 12.3. The van der Waals surface area contributed by atoms with Crippen molar-refractivity contribution in [3.8, 4) is 0 Å². The Morgan fingerprint density at radius 3 is 2.19 bits per heavy atom. The summed E-state index contributed by atoms with van der Waals surface area (Å²) in [6.07, 6.45) is 0. The Hall–Kier alpha value is -2.37. The summed E-state index contributed by atoms with van der Waals surface area (Å²) < 4.78 is 0. The number of nitrogens with zero attached hydrogens (tertiary/aromatic N) is 2. The van der Waals surface area contributed by atoms with Gasteiger partial charge in [0, 0.05) is 24.3 Å². The highest BCUT2D eigenvalue weighted by molar-refractivity contribution is 6.30. The molecule has 0 heterocycles. The lowest BCUT2D eigenvalue weighted by molar-refractivity contribution is -0.134. The van der Waals surface area contributed by atoms with Gasteiger partial charge in [-0.25, -0.2) is 0 Å². The molecule has 0 bridgehead atoms. The number of nitrogens with one attached hydrogen (secondary N) is 1. The minimum Gasteiger partial charge on any atom is -0.335 e. The number of carbonyl (C=O) groups is 2. The average Bonchev–Trinajstić information content (AvgIpc) is 2.58. The highest BCUT2D eigenvalue weighted by atomic mass is 35.5. The maximum Gasteiger partial charge on any atom is 0.243 e. The average molecular weight is 374 g/mol. The number of benzene rings is 2. The van der Waals surface area contributed by atoms with Gasteiger partial charge in [0.15, 0.2) is 0 Å². The van der Waals surface area contributed by atoms with Gasteiger partial charge in [0.1, 0.15) is 0 Å². The summed E-state index contributed by atoms with van der Waals surface area (Å²) in [5.74, 6) is -0.328. The first-order chi connectivity index (χ1) is 12.3. The molecule has 26 heavy (non-hydrogen) atoms. The Bertz CT molecular complexity index is 745. The van der Waals surface area contributed by atoms with E-state index in [1.807, 2.05) is 67.4 Å². The Kier molecular flexibility index (Phi) is 7.18. The van der Waals surface area contributed by atoms with Gasteiger partial charge in [-0.2, -0.15) is 0 Å². The minimum absolute atomic E-state index is 0.0154. The molecule has 0 aliphatic rings. The normalized spacial score (nSPS) is 10.7. The Morgan fingerprint density at radius 1 is 0.962 bits per heavy atom. The van der Waals surface area contributed by atoms with Crippen molar-refractivity contribution in [1.82, 2.24) is 9.80 Å². The number of halogens is 1. The number of likely N-dealkylation sites (N-methyl/N-ethyl adjacent to an activating group) is 2. The van der Waals surface area contributed by atoms with Crippen molar-refractivity contribution in [2.45, 2.75) is 13.5 Å². The van der Waals surface area contributed by atoms with E-state index < -0.39 is 0 Å². The van der Waals surface area contributed by atoms with Crippen LogP contribution in [0.5, 0.6) is 0 Å². The summed E-state index contributed by atoms with van der Waals surface area (Å²) in [5, 5.41) is 3.48. The van der Waals surface area contributed by atoms with Gasteiger partial charge in [-0.1, -0.05) is 41.4 Å². The molecule has 0 saturated carbocycles. The van der Waals surface area contributed by atoms with Gasteiger partial charge in [-0.05, 0) is 43.8 Å². The fourth-order valence-electron chi connectivity index (χ4n) is 2.45. The van der Waals surface area contributed by atoms with E-state index in [2.05, 4.69) is 5.32 Å². The molecular weight excluding hydrogens is 350 g/mol. The van der Waals surface area contributed by atoms with Crippen LogP contribution in [0.15, 0.2) is 48.5 Å². The second kappa shape index (κ2) is 9.36. The molecule has 0 atom stereocenters. The smallest absolute Gasteiger partial charge is 0.243 e. The van der Waals surface area contributed by atoms with Gasteiger partial charge in [-0.15, -0.1) is 0 Å². The molecule has 2 rings (SSSR count). The van der Waals surface area contributed by atoms with Crippen molar-refractivity contribution in [2.24, 2.45) is 0 Å². The molecule has 6 heteroatoms. The summed E-state index contributed by atoms with van der Waals surface area (Å²) in [7, 11) is 3.50. The first-order valence-corrected chi connectivity index (χ1v) is 8.75. The zero-order valence-electron chi connectivity index (χ0n) is 15.3. The second-order valence-corrected chi connectivity index (χ2v) is 6.90. The molecule has 0 radical (unpaired) electrons. The number of hydrogen-bond acceptors (Lipinski definition) is 3. The number of rotatable bonds is 7. The SMILES string of the molecule is Cc1ccc(NC(=O)CN(C)C(=O)CN(C)Cc2ccc(Cl)cc2)cc1. The van der Waals surface area contributed by atoms with Crippen LogP contribution in [0.25, 0.3) is 0 Å². The molecule has 0 aliphatic carbocycles. The van der Waals surface area contributed by atoms with Crippen LogP contribution in [-0.4, -0.2) is 48.8 Å². The van der Waals surface area contributed by atoms with E-state index in [-0.39, 0.29) is 24.9 Å². The topological polar surface area (TPSA) is 52.7 Å². The minimum atomic E-state index is -0.218. The van der Waals surface area contributed by atoms with Crippen LogP contribution in [0, 0.1) is 6.92 Å². The van der Waals surface area contributed by atoms with Gasteiger partial charge < -0.3 is 10.2 Å². The monoisotopic (exact) mass is 373 g/mol. The van der Waals surface area contributed by atoms with Crippen molar-refractivity contribution in [2.75, 3.05) is 32.5 Å². The van der Waals surface area contributed by atoms with Crippen molar-refractivity contribution in [3.63, 3.8) is 0 Å². The molecule has 2 amide bonds. The number of amides is 2. The van der Waals surface area contributed by atoms with Crippen LogP contribution in [0.3, 0.4) is 0 Å². The summed E-state index contributed by atoms with van der Waals surface area (Å²) >= 11 is 5.88. The standard InChI is InChI=1S/C20H24ClN3O2/c1-15-4-10-18(11-5-15)22-19(25)13-24(3)20(26)14-23(2)12-16-6-8-17(21)9-7-16/h4-11H,12-14H2,1-3H3,(H,22,25). The van der Waals surface area contributed by atoms with Gasteiger partial charge in [0.25, 0.3) is 0 Å². The zero-order valence-corrected chi connectivity index (χ0v) is 16.1. The molecular formula is C20H24ClN3O2. The van der Waals surface area contributed by atoms with Crippen LogP contribution < -0.4 is 5.32 Å². The third kappa shape index (κ3) is 6.50. The fourth-order valence-corrected chi connectivity index (χ4v) is 2.58. The first-order valence-electron chi connectivity index (χ1n) is 8.37. The predicted molar refractivity (Wildman–Crippen MR) is 105 cm³/mol. The molecule has 2 aromatic carbocycles. The van der Waals surface area contributed by atoms with Gasteiger partial charge >= 0.3 is 0 Å². The van der Waals surface area contributed by atoms with Gasteiger partial charge in [0.05, 0.1) is 13.1 Å². The molecule has 5 nitrogen and oxygen atoms in total. The van der Waals surface area contributed by atoms with Crippen LogP contribution in [-0.2, 0) is 16.1 Å². The quantitative estimate of drug-likeness (QED) is 0.811. The lowest BCUT2D eigenvalue weighted by atomic mass is 10.2. The van der Waals surface area contributed by atoms with Crippen LogP contribution in [0.2, 0.25) is 5.02 Å². The Morgan fingerprint density at radius 2 is 1.58 bits per heavy atom. The van der Waals surface area contributed by atoms with E-state index in [9.17, 15) is 9.59 Å². The van der Waals surface area contributed by atoms with E-state index in [0.717, 1.165) is 16.8 Å². The number of aryl methyl sites for hydroxylation is 1. The van der Waals surface area contributed by atoms with Crippen LogP contribution >= 0.6 is 11.6 Å². The van der Waals surface area contributed by atoms with Crippen molar-refractivity contribution in [3.05, 3.63) is 64.7 Å². The van der Waals surface area contributed by atoms with E-state index >= 15 is 0 Å². The third-order valence-corrected chi connectivity index (χ3v) is 4.16. The van der Waals surface area contributed by atoms with Crippen LogP contribution in [0.1, 0.15) is 11.1 Å². The van der Waals surface area contributed by atoms with Gasteiger partial charge in [-0.3, -0.25) is 14.5 Å². The highest BCUT2D eigenvalue weighted by Gasteiger charge is 2.15. The molecule has 1 N–H and O–H groups in total. The van der Waals surface area contributed by atoms with E-state index in [4.69, 9.17) is 11.6 Å². The Balaban J connectivity index is 1.79. The van der Waals surface area contributed by atoms with Crippen LogP contribution in [0.4, 0.5) is 5.69 Å². The van der Waals surface area contributed by atoms with Crippen molar-refractivity contribution in [1.29, 1.82) is 0 Å². The lowest BCUT2D eigenvalue weighted by Gasteiger charge is -2.21. The summed E-state index contributed by atoms with van der Waals surface area (Å²) in [4.78, 5) is 27.7. The molecule has 0 aromatic heterocycles.